The van der Waals surface area contributed by atoms with Crippen molar-refractivity contribution in [3.63, 3.8) is 0 Å². The molecule has 0 aliphatic rings. The SMILES string of the molecule is CC(C)CC(NC(=O)OCc1ccccc1)C(=O)NC(Cc1ccccc1)C(=O)NC(C=O)CCS(C)=O. The fourth-order valence-corrected chi connectivity index (χ4v) is 4.28. The first-order valence-electron chi connectivity index (χ1n) is 12.5. The average molecular weight is 544 g/mol. The molecule has 0 radical (unpaired) electrons. The lowest BCUT2D eigenvalue weighted by Gasteiger charge is -2.25. The Balaban J connectivity index is 2.12. The van der Waals surface area contributed by atoms with Crippen molar-refractivity contribution in [1.82, 2.24) is 16.0 Å². The Morgan fingerprint density at radius 2 is 1.45 bits per heavy atom. The molecule has 2 aromatic carbocycles. The summed E-state index contributed by atoms with van der Waals surface area (Å²) in [4.78, 5) is 50.4. The highest BCUT2D eigenvalue weighted by Crippen LogP contribution is 2.09. The summed E-state index contributed by atoms with van der Waals surface area (Å²) in [6.07, 6.45) is 2.09. The first-order valence-corrected chi connectivity index (χ1v) is 14.3. The third kappa shape index (κ3) is 11.7. The van der Waals surface area contributed by atoms with Gasteiger partial charge in [-0.1, -0.05) is 74.5 Å². The molecule has 0 aliphatic heterocycles. The van der Waals surface area contributed by atoms with E-state index in [1.54, 1.807) is 0 Å². The molecule has 3 N–H and O–H groups in total. The normalized spacial score (nSPS) is 14.0. The van der Waals surface area contributed by atoms with Crippen molar-refractivity contribution in [2.24, 2.45) is 5.92 Å². The number of alkyl carbamates (subject to hydrolysis) is 1. The van der Waals surface area contributed by atoms with Gasteiger partial charge in [0.1, 0.15) is 25.0 Å². The van der Waals surface area contributed by atoms with Crippen LogP contribution in [0.2, 0.25) is 0 Å². The molecular weight excluding hydrogens is 506 g/mol. The number of aldehydes is 1. The Kier molecular flexibility index (Phi) is 13.2. The van der Waals surface area contributed by atoms with E-state index in [0.717, 1.165) is 11.1 Å². The molecule has 0 saturated carbocycles. The van der Waals surface area contributed by atoms with Crippen molar-refractivity contribution in [3.8, 4) is 0 Å². The van der Waals surface area contributed by atoms with Crippen molar-refractivity contribution in [3.05, 3.63) is 71.8 Å². The van der Waals surface area contributed by atoms with E-state index < -0.39 is 46.8 Å². The van der Waals surface area contributed by atoms with Crippen molar-refractivity contribution in [1.29, 1.82) is 0 Å². The molecule has 0 bridgehead atoms. The summed E-state index contributed by atoms with van der Waals surface area (Å²) in [5.41, 5.74) is 1.62. The van der Waals surface area contributed by atoms with Crippen LogP contribution >= 0.6 is 0 Å². The zero-order chi connectivity index (χ0) is 27.9. The van der Waals surface area contributed by atoms with E-state index in [9.17, 15) is 23.4 Å². The summed E-state index contributed by atoms with van der Waals surface area (Å²) in [6.45, 7) is 3.88. The smallest absolute Gasteiger partial charge is 0.408 e. The standard InChI is InChI=1S/C28H37N3O6S/c1-20(2)16-24(31-28(35)37-19-22-12-8-5-9-13-22)27(34)30-25(17-21-10-6-4-7-11-21)26(33)29-23(18-32)14-15-38(3)36/h4-13,18,20,23-25H,14-17,19H2,1-3H3,(H,29,33)(H,30,34)(H,31,35). The van der Waals surface area contributed by atoms with Gasteiger partial charge in [0.2, 0.25) is 11.8 Å². The molecule has 38 heavy (non-hydrogen) atoms. The lowest BCUT2D eigenvalue weighted by Crippen LogP contribution is -2.56. The first kappa shape index (κ1) is 30.7. The van der Waals surface area contributed by atoms with Gasteiger partial charge in [0.05, 0.1) is 6.04 Å². The third-order valence-corrected chi connectivity index (χ3v) is 6.46. The zero-order valence-electron chi connectivity index (χ0n) is 22.1. The molecule has 2 rings (SSSR count). The second-order valence-corrected chi connectivity index (χ2v) is 11.0. The fourth-order valence-electron chi connectivity index (χ4n) is 3.69. The molecule has 10 heteroatoms. The molecule has 0 spiro atoms. The van der Waals surface area contributed by atoms with E-state index in [-0.39, 0.29) is 31.1 Å². The molecule has 2 aromatic rings. The Labute approximate surface area is 226 Å². The van der Waals surface area contributed by atoms with Gasteiger partial charge < -0.3 is 25.5 Å². The number of rotatable bonds is 15. The van der Waals surface area contributed by atoms with Crippen molar-refractivity contribution >= 4 is 35.0 Å². The van der Waals surface area contributed by atoms with Gasteiger partial charge in [-0.3, -0.25) is 13.8 Å². The van der Waals surface area contributed by atoms with Gasteiger partial charge in [0, 0.05) is 29.2 Å². The number of nitrogens with one attached hydrogen (secondary N) is 3. The second-order valence-electron chi connectivity index (χ2n) is 9.46. The first-order chi connectivity index (χ1) is 18.2. The third-order valence-electron chi connectivity index (χ3n) is 5.65. The molecule has 206 valence electrons. The number of amides is 3. The van der Waals surface area contributed by atoms with Gasteiger partial charge in [0.25, 0.3) is 0 Å². The van der Waals surface area contributed by atoms with Crippen LogP contribution in [0.1, 0.15) is 37.8 Å². The van der Waals surface area contributed by atoms with Crippen LogP contribution in [0, 0.1) is 5.92 Å². The minimum Gasteiger partial charge on any atom is -0.445 e. The molecule has 4 unspecified atom stereocenters. The Hall–Kier alpha value is -3.53. The number of hydrogen-bond donors (Lipinski definition) is 3. The molecule has 0 aliphatic carbocycles. The van der Waals surface area contributed by atoms with Crippen LogP contribution in [-0.2, 0) is 42.9 Å². The number of ether oxygens (including phenoxy) is 1. The zero-order valence-corrected chi connectivity index (χ0v) is 22.9. The maximum atomic E-state index is 13.3. The van der Waals surface area contributed by atoms with Crippen molar-refractivity contribution < 1.29 is 28.1 Å². The molecule has 0 saturated heterocycles. The van der Waals surface area contributed by atoms with Gasteiger partial charge in [0.15, 0.2) is 0 Å². The fraction of sp³-hybridized carbons (Fsp3) is 0.429. The monoisotopic (exact) mass is 543 g/mol. The maximum Gasteiger partial charge on any atom is 0.408 e. The number of carbonyl (C=O) groups is 4. The van der Waals surface area contributed by atoms with Crippen LogP contribution in [0.3, 0.4) is 0 Å². The van der Waals surface area contributed by atoms with E-state index in [1.807, 2.05) is 74.5 Å². The van der Waals surface area contributed by atoms with E-state index in [2.05, 4.69) is 16.0 Å². The predicted molar refractivity (Wildman–Crippen MR) is 147 cm³/mol. The molecule has 0 aromatic heterocycles. The van der Waals surface area contributed by atoms with E-state index >= 15 is 0 Å². The Morgan fingerprint density at radius 1 is 0.868 bits per heavy atom. The number of carbonyl (C=O) groups excluding carboxylic acids is 4. The van der Waals surface area contributed by atoms with Crippen LogP contribution in [-0.4, -0.2) is 58.5 Å². The van der Waals surface area contributed by atoms with Gasteiger partial charge >= 0.3 is 6.09 Å². The maximum absolute atomic E-state index is 13.3. The molecule has 0 heterocycles. The molecular formula is C28H37N3O6S. The van der Waals surface area contributed by atoms with E-state index in [1.165, 1.54) is 6.26 Å². The minimum atomic E-state index is -1.12. The lowest BCUT2D eigenvalue weighted by molar-refractivity contribution is -0.131. The summed E-state index contributed by atoms with van der Waals surface area (Å²) >= 11 is 0. The van der Waals surface area contributed by atoms with Crippen LogP contribution in [0.4, 0.5) is 4.79 Å². The van der Waals surface area contributed by atoms with E-state index in [4.69, 9.17) is 4.74 Å². The van der Waals surface area contributed by atoms with Gasteiger partial charge in [-0.2, -0.15) is 0 Å². The van der Waals surface area contributed by atoms with Gasteiger partial charge in [-0.05, 0) is 29.9 Å². The highest BCUT2D eigenvalue weighted by Gasteiger charge is 2.29. The van der Waals surface area contributed by atoms with Gasteiger partial charge in [-0.15, -0.1) is 0 Å². The van der Waals surface area contributed by atoms with Crippen molar-refractivity contribution in [2.45, 2.75) is 57.8 Å². The summed E-state index contributed by atoms with van der Waals surface area (Å²) in [6, 6.07) is 15.5. The molecule has 4 atom stereocenters. The molecule has 9 nitrogen and oxygen atoms in total. The van der Waals surface area contributed by atoms with Gasteiger partial charge in [-0.25, -0.2) is 4.79 Å². The largest absolute Gasteiger partial charge is 0.445 e. The van der Waals surface area contributed by atoms with Crippen LogP contribution in [0.25, 0.3) is 0 Å². The van der Waals surface area contributed by atoms with Crippen LogP contribution < -0.4 is 16.0 Å². The number of hydrogen-bond acceptors (Lipinski definition) is 6. The molecule has 0 fully saturated rings. The molecule has 3 amide bonds. The summed E-state index contributed by atoms with van der Waals surface area (Å²) in [7, 11) is -1.12. The number of benzene rings is 2. The van der Waals surface area contributed by atoms with Crippen LogP contribution in [0.15, 0.2) is 60.7 Å². The van der Waals surface area contributed by atoms with Crippen molar-refractivity contribution in [2.75, 3.05) is 12.0 Å². The topological polar surface area (TPSA) is 131 Å². The summed E-state index contributed by atoms with van der Waals surface area (Å²) in [5.74, 6) is -0.763. The lowest BCUT2D eigenvalue weighted by atomic mass is 10.0. The average Bonchev–Trinajstić information content (AvgIpc) is 2.89. The Bertz CT molecular complexity index is 1060. The predicted octanol–water partition coefficient (Wildman–Crippen LogP) is 2.51. The quantitative estimate of drug-likeness (QED) is 0.296. The van der Waals surface area contributed by atoms with E-state index in [0.29, 0.717) is 12.7 Å². The summed E-state index contributed by atoms with van der Waals surface area (Å²) in [5, 5.41) is 8.00. The second kappa shape index (κ2) is 16.3. The minimum absolute atomic E-state index is 0.0529. The highest BCUT2D eigenvalue weighted by atomic mass is 32.2. The summed E-state index contributed by atoms with van der Waals surface area (Å²) < 4.78 is 16.7. The Morgan fingerprint density at radius 3 is 2.00 bits per heavy atom. The van der Waals surface area contributed by atoms with Crippen LogP contribution in [0.5, 0.6) is 0 Å². The highest BCUT2D eigenvalue weighted by molar-refractivity contribution is 7.84.